The van der Waals surface area contributed by atoms with Gasteiger partial charge in [0.1, 0.15) is 5.75 Å². The Balaban J connectivity index is 3.26. The molecule has 0 spiro atoms. The van der Waals surface area contributed by atoms with Crippen LogP contribution in [0.1, 0.15) is 16.6 Å². The van der Waals surface area contributed by atoms with Crippen molar-refractivity contribution < 1.29 is 23.2 Å². The Hall–Kier alpha value is -1.11. The lowest BCUT2D eigenvalue weighted by atomic mass is 10.1. The molecule has 1 unspecified atom stereocenters. The van der Waals surface area contributed by atoms with E-state index in [4.69, 9.17) is 9.66 Å². The van der Waals surface area contributed by atoms with Gasteiger partial charge in [-0.05, 0) is 19.1 Å². The predicted octanol–water partition coefficient (Wildman–Crippen LogP) is 0.579. The molecule has 6 heteroatoms. The standard InChI is InChI=1S/C8H10O5S/c1-5-2-3-7(9)6(4-5)8(10)14(11,12)13/h2-4,8-10H,1H3,(H,11,12,13). The highest BCUT2D eigenvalue weighted by atomic mass is 32.2. The number of aryl methyl sites for hydroxylation is 1. The molecule has 1 aromatic carbocycles. The van der Waals surface area contributed by atoms with Crippen LogP contribution >= 0.6 is 0 Å². The second kappa shape index (κ2) is 3.56. The molecule has 5 nitrogen and oxygen atoms in total. The zero-order valence-corrected chi connectivity index (χ0v) is 8.19. The average Bonchev–Trinajstić information content (AvgIpc) is 2.06. The molecule has 0 heterocycles. The number of benzene rings is 1. The van der Waals surface area contributed by atoms with Crippen LogP contribution < -0.4 is 0 Å². The van der Waals surface area contributed by atoms with E-state index in [0.29, 0.717) is 5.56 Å². The molecule has 78 valence electrons. The van der Waals surface area contributed by atoms with Crippen LogP contribution in [0.25, 0.3) is 0 Å². The first-order chi connectivity index (χ1) is 6.32. The van der Waals surface area contributed by atoms with E-state index in [2.05, 4.69) is 0 Å². The van der Waals surface area contributed by atoms with Crippen LogP contribution in [0.15, 0.2) is 18.2 Å². The van der Waals surface area contributed by atoms with Crippen molar-refractivity contribution in [1.29, 1.82) is 0 Å². The third-order valence-electron chi connectivity index (χ3n) is 1.73. The molecular weight excluding hydrogens is 208 g/mol. The lowest BCUT2D eigenvalue weighted by Gasteiger charge is -2.09. The van der Waals surface area contributed by atoms with E-state index in [1.54, 1.807) is 13.0 Å². The van der Waals surface area contributed by atoms with Gasteiger partial charge < -0.3 is 10.2 Å². The zero-order chi connectivity index (χ0) is 10.9. The van der Waals surface area contributed by atoms with Gasteiger partial charge >= 0.3 is 0 Å². The summed E-state index contributed by atoms with van der Waals surface area (Å²) in [6, 6.07) is 4.09. The second-order valence-electron chi connectivity index (χ2n) is 2.93. The van der Waals surface area contributed by atoms with Crippen molar-refractivity contribution in [3.05, 3.63) is 29.3 Å². The van der Waals surface area contributed by atoms with Gasteiger partial charge in [0.25, 0.3) is 10.1 Å². The second-order valence-corrected chi connectivity index (χ2v) is 4.41. The van der Waals surface area contributed by atoms with Crippen LogP contribution in [0.3, 0.4) is 0 Å². The van der Waals surface area contributed by atoms with Crippen molar-refractivity contribution in [3.8, 4) is 5.75 Å². The number of aromatic hydroxyl groups is 1. The van der Waals surface area contributed by atoms with Crippen molar-refractivity contribution in [3.63, 3.8) is 0 Å². The van der Waals surface area contributed by atoms with Crippen LogP contribution in [0.5, 0.6) is 5.75 Å². The maximum Gasteiger partial charge on any atom is 0.296 e. The Labute approximate surface area is 81.4 Å². The molecule has 0 aromatic heterocycles. The number of rotatable bonds is 2. The Morgan fingerprint density at radius 3 is 2.43 bits per heavy atom. The minimum Gasteiger partial charge on any atom is -0.508 e. The molecule has 0 saturated heterocycles. The molecule has 1 aromatic rings. The van der Waals surface area contributed by atoms with E-state index >= 15 is 0 Å². The van der Waals surface area contributed by atoms with Crippen LogP contribution in [0.4, 0.5) is 0 Å². The lowest BCUT2D eigenvalue weighted by Crippen LogP contribution is -2.11. The smallest absolute Gasteiger partial charge is 0.296 e. The summed E-state index contributed by atoms with van der Waals surface area (Å²) in [5, 5.41) is 18.4. The summed E-state index contributed by atoms with van der Waals surface area (Å²) < 4.78 is 29.7. The molecule has 0 fully saturated rings. The molecule has 1 atom stereocenters. The molecule has 0 radical (unpaired) electrons. The van der Waals surface area contributed by atoms with Gasteiger partial charge in [0.2, 0.25) is 5.44 Å². The SMILES string of the molecule is Cc1ccc(O)c(C(O)S(=O)(=O)O)c1. The van der Waals surface area contributed by atoms with E-state index < -0.39 is 15.6 Å². The highest BCUT2D eigenvalue weighted by Crippen LogP contribution is 2.27. The number of hydrogen-bond donors (Lipinski definition) is 3. The molecule has 0 aliphatic heterocycles. The maximum absolute atomic E-state index is 10.6. The van der Waals surface area contributed by atoms with Crippen molar-refractivity contribution in [1.82, 2.24) is 0 Å². The molecule has 0 aliphatic rings. The van der Waals surface area contributed by atoms with Crippen LogP contribution in [-0.4, -0.2) is 23.2 Å². The third-order valence-corrected chi connectivity index (χ3v) is 2.55. The van der Waals surface area contributed by atoms with Gasteiger partial charge in [0, 0.05) is 5.56 Å². The highest BCUT2D eigenvalue weighted by molar-refractivity contribution is 7.85. The molecule has 0 amide bonds. The van der Waals surface area contributed by atoms with Gasteiger partial charge in [0.05, 0.1) is 0 Å². The Morgan fingerprint density at radius 2 is 1.93 bits per heavy atom. The van der Waals surface area contributed by atoms with Gasteiger partial charge in [-0.15, -0.1) is 0 Å². The zero-order valence-electron chi connectivity index (χ0n) is 7.38. The first-order valence-corrected chi connectivity index (χ1v) is 5.26. The number of phenols is 1. The molecule has 14 heavy (non-hydrogen) atoms. The molecule has 0 aliphatic carbocycles. The van der Waals surface area contributed by atoms with Gasteiger partial charge in [0.15, 0.2) is 0 Å². The third kappa shape index (κ3) is 2.22. The van der Waals surface area contributed by atoms with E-state index in [1.165, 1.54) is 12.1 Å². The predicted molar refractivity (Wildman–Crippen MR) is 49.4 cm³/mol. The van der Waals surface area contributed by atoms with Crippen molar-refractivity contribution in [2.24, 2.45) is 0 Å². The summed E-state index contributed by atoms with van der Waals surface area (Å²) in [5.74, 6) is -0.374. The van der Waals surface area contributed by atoms with Crippen molar-refractivity contribution in [2.45, 2.75) is 12.4 Å². The molecule has 1 rings (SSSR count). The largest absolute Gasteiger partial charge is 0.508 e. The maximum atomic E-state index is 10.6. The van der Waals surface area contributed by atoms with E-state index in [1.807, 2.05) is 0 Å². The topological polar surface area (TPSA) is 94.8 Å². The van der Waals surface area contributed by atoms with Crippen molar-refractivity contribution >= 4 is 10.1 Å². The number of phenolic OH excluding ortho intramolecular Hbond substituents is 1. The molecular formula is C8H10O5S. The first kappa shape index (κ1) is 11.0. The van der Waals surface area contributed by atoms with Crippen LogP contribution in [0.2, 0.25) is 0 Å². The minimum absolute atomic E-state index is 0.229. The van der Waals surface area contributed by atoms with E-state index in [-0.39, 0.29) is 11.3 Å². The van der Waals surface area contributed by atoms with E-state index in [0.717, 1.165) is 0 Å². The fraction of sp³-hybridized carbons (Fsp3) is 0.250. The Kier molecular flexibility index (Phi) is 2.79. The average molecular weight is 218 g/mol. The monoisotopic (exact) mass is 218 g/mol. The highest BCUT2D eigenvalue weighted by Gasteiger charge is 2.24. The minimum atomic E-state index is -4.60. The Bertz CT molecular complexity index is 437. The van der Waals surface area contributed by atoms with Gasteiger partial charge in [-0.2, -0.15) is 8.42 Å². The fourth-order valence-electron chi connectivity index (χ4n) is 1.03. The summed E-state index contributed by atoms with van der Waals surface area (Å²) >= 11 is 0. The number of hydrogen-bond acceptors (Lipinski definition) is 4. The summed E-state index contributed by atoms with van der Waals surface area (Å²) in [4.78, 5) is 0. The van der Waals surface area contributed by atoms with Crippen LogP contribution in [-0.2, 0) is 10.1 Å². The molecule has 3 N–H and O–H groups in total. The fourth-order valence-corrected chi connectivity index (χ4v) is 1.54. The summed E-state index contributed by atoms with van der Waals surface area (Å²) in [5.41, 5.74) is -1.67. The van der Waals surface area contributed by atoms with Gasteiger partial charge in [-0.3, -0.25) is 4.55 Å². The lowest BCUT2D eigenvalue weighted by molar-refractivity contribution is 0.233. The van der Waals surface area contributed by atoms with Crippen molar-refractivity contribution in [2.75, 3.05) is 0 Å². The van der Waals surface area contributed by atoms with Gasteiger partial charge in [-0.1, -0.05) is 11.6 Å². The Morgan fingerprint density at radius 1 is 1.36 bits per heavy atom. The number of aliphatic hydroxyl groups excluding tert-OH is 1. The normalized spacial score (nSPS) is 13.9. The number of aliphatic hydroxyl groups is 1. The summed E-state index contributed by atoms with van der Waals surface area (Å²) in [6.45, 7) is 1.67. The van der Waals surface area contributed by atoms with Gasteiger partial charge in [-0.25, -0.2) is 0 Å². The van der Waals surface area contributed by atoms with Crippen LogP contribution in [0, 0.1) is 6.92 Å². The van der Waals surface area contributed by atoms with E-state index in [9.17, 15) is 13.5 Å². The molecule has 0 saturated carbocycles. The quantitative estimate of drug-likeness (QED) is 0.631. The first-order valence-electron chi connectivity index (χ1n) is 3.76. The summed E-state index contributed by atoms with van der Waals surface area (Å²) in [6.07, 6.45) is 0. The summed E-state index contributed by atoms with van der Waals surface area (Å²) in [7, 11) is -4.60. The molecule has 0 bridgehead atoms.